The van der Waals surface area contributed by atoms with E-state index in [9.17, 15) is 10.1 Å². The van der Waals surface area contributed by atoms with E-state index in [1.54, 1.807) is 15.4 Å². The van der Waals surface area contributed by atoms with Gasteiger partial charge >= 0.3 is 0 Å². The maximum atomic E-state index is 12.8. The SMILES string of the molecule is Cn1cc(-c2cc(-c3ccc(N4CC5CC4CN5C(=O)CC(C)(C)C)nc3)c3c(C#N)cnn3c2)cn1. The third-order valence-electron chi connectivity index (χ3n) is 7.37. The Morgan fingerprint density at radius 3 is 2.51 bits per heavy atom. The first kappa shape index (κ1) is 23.2. The summed E-state index contributed by atoms with van der Waals surface area (Å²) < 4.78 is 3.52. The van der Waals surface area contributed by atoms with Crippen molar-refractivity contribution in [1.82, 2.24) is 29.3 Å². The van der Waals surface area contributed by atoms with Crippen LogP contribution in [0.3, 0.4) is 0 Å². The van der Waals surface area contributed by atoms with E-state index in [1.165, 1.54) is 0 Å². The molecular formula is C28H30N8O. The molecule has 2 bridgehead atoms. The second-order valence-electron chi connectivity index (χ2n) is 11.4. The van der Waals surface area contributed by atoms with Crippen molar-refractivity contribution >= 4 is 17.2 Å². The number of nitriles is 1. The van der Waals surface area contributed by atoms with E-state index in [0.29, 0.717) is 18.0 Å². The average Bonchev–Trinajstić information content (AvgIpc) is 3.65. The fraction of sp³-hybridized carbons (Fsp3) is 0.393. The van der Waals surface area contributed by atoms with Crippen molar-refractivity contribution in [2.75, 3.05) is 18.0 Å². The zero-order valence-corrected chi connectivity index (χ0v) is 21.6. The smallest absolute Gasteiger partial charge is 0.223 e. The number of nitrogens with zero attached hydrogens (tertiary/aromatic N) is 8. The molecule has 0 saturated carbocycles. The number of aromatic nitrogens is 5. The van der Waals surface area contributed by atoms with E-state index in [2.05, 4.69) is 59.0 Å². The predicted octanol–water partition coefficient (Wildman–Crippen LogP) is 3.89. The number of carbonyl (C=O) groups excluding carboxylic acids is 1. The van der Waals surface area contributed by atoms with E-state index < -0.39 is 0 Å². The summed E-state index contributed by atoms with van der Waals surface area (Å²) in [5, 5.41) is 18.4. The number of aryl methyl sites for hydroxylation is 1. The number of hydrogen-bond donors (Lipinski definition) is 0. The molecule has 2 atom stereocenters. The number of rotatable bonds is 4. The Morgan fingerprint density at radius 2 is 1.89 bits per heavy atom. The van der Waals surface area contributed by atoms with Gasteiger partial charge in [0.25, 0.3) is 0 Å². The minimum atomic E-state index is -0.00331. The third kappa shape index (κ3) is 4.12. The van der Waals surface area contributed by atoms with E-state index in [-0.39, 0.29) is 17.4 Å². The van der Waals surface area contributed by atoms with Gasteiger partial charge in [-0.1, -0.05) is 20.8 Å². The van der Waals surface area contributed by atoms with Gasteiger partial charge in [0.1, 0.15) is 11.9 Å². The van der Waals surface area contributed by atoms with Crippen molar-refractivity contribution in [3.8, 4) is 28.3 Å². The molecule has 0 aromatic carbocycles. The van der Waals surface area contributed by atoms with Crippen molar-refractivity contribution < 1.29 is 4.79 Å². The highest BCUT2D eigenvalue weighted by Gasteiger charge is 2.46. The highest BCUT2D eigenvalue weighted by atomic mass is 16.2. The molecule has 0 aliphatic carbocycles. The lowest BCUT2D eigenvalue weighted by Gasteiger charge is -2.36. The Balaban J connectivity index is 1.28. The van der Waals surface area contributed by atoms with Crippen LogP contribution in [-0.4, -0.2) is 60.4 Å². The highest BCUT2D eigenvalue weighted by Crippen LogP contribution is 2.37. The molecule has 2 fully saturated rings. The number of likely N-dealkylation sites (tertiary alicyclic amines) is 1. The number of hydrogen-bond acceptors (Lipinski definition) is 6. The summed E-state index contributed by atoms with van der Waals surface area (Å²) in [5.74, 6) is 1.18. The molecule has 37 heavy (non-hydrogen) atoms. The van der Waals surface area contributed by atoms with E-state index >= 15 is 0 Å². The standard InChI is InChI=1S/C28H30N8O/c1-28(2,3)9-26(37)35-17-22-8-23(35)16-34(22)25-6-5-18(11-30-25)24-7-19(21-13-31-33(4)14-21)15-36-27(24)20(10-29)12-32-36/h5-7,11-15,22-23H,8-9,16-17H2,1-4H3. The molecule has 2 aliphatic heterocycles. The fourth-order valence-corrected chi connectivity index (χ4v) is 5.68. The Labute approximate surface area is 215 Å². The number of piperazine rings is 1. The summed E-state index contributed by atoms with van der Waals surface area (Å²) in [7, 11) is 1.89. The number of anilines is 1. The molecule has 4 aromatic heterocycles. The van der Waals surface area contributed by atoms with Crippen molar-refractivity contribution in [2.45, 2.75) is 45.7 Å². The Hall–Kier alpha value is -4.19. The van der Waals surface area contributed by atoms with Crippen molar-refractivity contribution in [3.05, 3.63) is 54.7 Å². The minimum absolute atomic E-state index is 0.00331. The maximum absolute atomic E-state index is 12.8. The van der Waals surface area contributed by atoms with Crippen LogP contribution in [0.25, 0.3) is 27.8 Å². The molecule has 4 aromatic rings. The zero-order valence-electron chi connectivity index (χ0n) is 21.6. The van der Waals surface area contributed by atoms with Crippen LogP contribution < -0.4 is 4.90 Å². The molecule has 2 aliphatic rings. The first-order chi connectivity index (χ1) is 17.7. The van der Waals surface area contributed by atoms with Gasteiger partial charge in [-0.25, -0.2) is 9.50 Å². The molecule has 0 radical (unpaired) electrons. The molecule has 188 valence electrons. The summed E-state index contributed by atoms with van der Waals surface area (Å²) in [6.07, 6.45) is 10.7. The fourth-order valence-electron chi connectivity index (χ4n) is 5.68. The number of carbonyl (C=O) groups is 1. The molecule has 9 nitrogen and oxygen atoms in total. The van der Waals surface area contributed by atoms with Crippen LogP contribution >= 0.6 is 0 Å². The zero-order chi connectivity index (χ0) is 25.9. The average molecular weight is 495 g/mol. The first-order valence-corrected chi connectivity index (χ1v) is 12.6. The van der Waals surface area contributed by atoms with Crippen LogP contribution in [0.4, 0.5) is 5.82 Å². The van der Waals surface area contributed by atoms with Gasteiger partial charge in [0.15, 0.2) is 0 Å². The number of pyridine rings is 2. The molecule has 6 rings (SSSR count). The molecular weight excluding hydrogens is 464 g/mol. The number of fused-ring (bicyclic) bond motifs is 3. The van der Waals surface area contributed by atoms with Gasteiger partial charge in [0, 0.05) is 67.4 Å². The first-order valence-electron chi connectivity index (χ1n) is 12.6. The van der Waals surface area contributed by atoms with Gasteiger partial charge in [-0.3, -0.25) is 9.48 Å². The lowest BCUT2D eigenvalue weighted by molar-refractivity contribution is -0.134. The monoisotopic (exact) mass is 494 g/mol. The van der Waals surface area contributed by atoms with Crippen LogP contribution in [0.15, 0.2) is 49.2 Å². The van der Waals surface area contributed by atoms with E-state index in [1.807, 2.05) is 37.9 Å². The Bertz CT molecular complexity index is 1540. The summed E-state index contributed by atoms with van der Waals surface area (Å²) >= 11 is 0. The van der Waals surface area contributed by atoms with Gasteiger partial charge in [-0.05, 0) is 30.0 Å². The second kappa shape index (κ2) is 8.44. The van der Waals surface area contributed by atoms with Gasteiger partial charge in [0.05, 0.1) is 35.6 Å². The summed E-state index contributed by atoms with van der Waals surface area (Å²) in [6.45, 7) is 7.91. The van der Waals surface area contributed by atoms with Crippen molar-refractivity contribution in [3.63, 3.8) is 0 Å². The van der Waals surface area contributed by atoms with E-state index in [0.717, 1.165) is 53.1 Å². The van der Waals surface area contributed by atoms with E-state index in [4.69, 9.17) is 4.98 Å². The summed E-state index contributed by atoms with van der Waals surface area (Å²) in [4.78, 5) is 22.1. The molecule has 1 amide bonds. The highest BCUT2D eigenvalue weighted by molar-refractivity contribution is 5.87. The normalized spacial score (nSPS) is 19.1. The maximum Gasteiger partial charge on any atom is 0.223 e. The largest absolute Gasteiger partial charge is 0.350 e. The van der Waals surface area contributed by atoms with Gasteiger partial charge < -0.3 is 9.80 Å². The van der Waals surface area contributed by atoms with Crippen molar-refractivity contribution in [1.29, 1.82) is 5.26 Å². The lowest BCUT2D eigenvalue weighted by atomic mass is 9.91. The van der Waals surface area contributed by atoms with Crippen LogP contribution in [-0.2, 0) is 11.8 Å². The van der Waals surface area contributed by atoms with Gasteiger partial charge in [-0.2, -0.15) is 15.5 Å². The van der Waals surface area contributed by atoms with Crippen LogP contribution in [0, 0.1) is 16.7 Å². The summed E-state index contributed by atoms with van der Waals surface area (Å²) in [5.41, 5.74) is 5.04. The minimum Gasteiger partial charge on any atom is -0.350 e. The predicted molar refractivity (Wildman–Crippen MR) is 141 cm³/mol. The van der Waals surface area contributed by atoms with Gasteiger partial charge in [-0.15, -0.1) is 0 Å². The third-order valence-corrected chi connectivity index (χ3v) is 7.37. The lowest BCUT2D eigenvalue weighted by Crippen LogP contribution is -2.49. The summed E-state index contributed by atoms with van der Waals surface area (Å²) in [6, 6.07) is 9.00. The Kier molecular flexibility index (Phi) is 5.30. The molecule has 0 spiro atoms. The molecule has 0 N–H and O–H groups in total. The molecule has 2 unspecified atom stereocenters. The molecule has 9 heteroatoms. The molecule has 2 saturated heterocycles. The second-order valence-corrected chi connectivity index (χ2v) is 11.4. The van der Waals surface area contributed by atoms with Crippen LogP contribution in [0.2, 0.25) is 0 Å². The topological polar surface area (TPSA) is 95.3 Å². The van der Waals surface area contributed by atoms with Crippen molar-refractivity contribution in [2.24, 2.45) is 12.5 Å². The van der Waals surface area contributed by atoms with Gasteiger partial charge in [0.2, 0.25) is 5.91 Å². The quantitative estimate of drug-likeness (QED) is 0.427. The molecule has 6 heterocycles. The van der Waals surface area contributed by atoms with Crippen LogP contribution in [0.1, 0.15) is 39.2 Å². The number of amides is 1. The Morgan fingerprint density at radius 1 is 1.05 bits per heavy atom. The van der Waals surface area contributed by atoms with Crippen LogP contribution in [0.5, 0.6) is 0 Å².